The van der Waals surface area contributed by atoms with Crippen LogP contribution < -0.4 is 5.63 Å². The van der Waals surface area contributed by atoms with Gasteiger partial charge in [0.1, 0.15) is 5.82 Å². The third kappa shape index (κ3) is 1.21. The highest BCUT2D eigenvalue weighted by Crippen LogP contribution is 2.23. The van der Waals surface area contributed by atoms with Crippen LogP contribution in [0.5, 0.6) is 0 Å². The molecule has 0 aliphatic heterocycles. The second-order valence-electron chi connectivity index (χ2n) is 2.47. The molecule has 0 saturated carbocycles. The summed E-state index contributed by atoms with van der Waals surface area (Å²) in [5, 5.41) is 0.490. The Morgan fingerprint density at radius 1 is 1.38 bits per heavy atom. The fourth-order valence-corrected chi connectivity index (χ4v) is 1.30. The van der Waals surface area contributed by atoms with E-state index in [-0.39, 0.29) is 10.4 Å². The van der Waals surface area contributed by atoms with Crippen LogP contribution in [0.1, 0.15) is 0 Å². The molecule has 4 heteroatoms. The van der Waals surface area contributed by atoms with Crippen LogP contribution in [0.15, 0.2) is 27.4 Å². The van der Waals surface area contributed by atoms with Gasteiger partial charge >= 0.3 is 5.63 Å². The molecule has 65 valence electrons. The maximum absolute atomic E-state index is 12.9. The van der Waals surface area contributed by atoms with Crippen LogP contribution in [0.2, 0.25) is 5.02 Å². The second-order valence-corrected chi connectivity index (χ2v) is 2.85. The van der Waals surface area contributed by atoms with Gasteiger partial charge in [-0.15, -0.1) is 0 Å². The first-order valence-electron chi connectivity index (χ1n) is 3.48. The lowest BCUT2D eigenvalue weighted by Crippen LogP contribution is -1.98. The van der Waals surface area contributed by atoms with E-state index in [1.807, 2.05) is 0 Å². The quantitative estimate of drug-likeness (QED) is 0.649. The molecule has 0 saturated heterocycles. The lowest BCUT2D eigenvalue weighted by molar-refractivity contribution is 0.510. The van der Waals surface area contributed by atoms with Gasteiger partial charge in [0.05, 0.1) is 10.4 Å². The molecule has 0 amide bonds. The summed E-state index contributed by atoms with van der Waals surface area (Å²) in [6.07, 6.45) is 2.23. The standard InChI is InChI=1S/C9H3ClFO2/c10-8-5-3-4-13-9(12)6(5)1-2-7(8)11/h1-3H. The molecule has 1 heterocycles. The minimum atomic E-state index is -0.570. The van der Waals surface area contributed by atoms with Crippen molar-refractivity contribution in [3.05, 3.63) is 45.7 Å². The number of benzene rings is 1. The van der Waals surface area contributed by atoms with Crippen molar-refractivity contribution in [1.29, 1.82) is 0 Å². The van der Waals surface area contributed by atoms with Crippen LogP contribution in [-0.4, -0.2) is 0 Å². The van der Waals surface area contributed by atoms with Crippen molar-refractivity contribution in [1.82, 2.24) is 0 Å². The van der Waals surface area contributed by atoms with E-state index in [4.69, 9.17) is 11.6 Å². The lowest BCUT2D eigenvalue weighted by atomic mass is 10.2. The lowest BCUT2D eigenvalue weighted by Gasteiger charge is -1.97. The van der Waals surface area contributed by atoms with E-state index < -0.39 is 11.4 Å². The van der Waals surface area contributed by atoms with Crippen molar-refractivity contribution in [2.24, 2.45) is 0 Å². The third-order valence-corrected chi connectivity index (χ3v) is 2.09. The highest BCUT2D eigenvalue weighted by atomic mass is 35.5. The predicted octanol–water partition coefficient (Wildman–Crippen LogP) is 2.39. The van der Waals surface area contributed by atoms with E-state index in [1.165, 1.54) is 12.1 Å². The maximum Gasteiger partial charge on any atom is 0.344 e. The highest BCUT2D eigenvalue weighted by molar-refractivity contribution is 6.35. The van der Waals surface area contributed by atoms with Crippen molar-refractivity contribution in [2.45, 2.75) is 0 Å². The summed E-state index contributed by atoms with van der Waals surface area (Å²) in [4.78, 5) is 11.1. The molecule has 1 aromatic carbocycles. The predicted molar refractivity (Wildman–Crippen MR) is 46.3 cm³/mol. The minimum Gasteiger partial charge on any atom is -0.419 e. The zero-order valence-electron chi connectivity index (χ0n) is 6.30. The summed E-state index contributed by atoms with van der Waals surface area (Å²) >= 11 is 5.62. The van der Waals surface area contributed by atoms with Crippen molar-refractivity contribution >= 4 is 22.4 Å². The molecule has 0 spiro atoms. The number of halogens is 2. The molecule has 2 rings (SSSR count). The van der Waals surface area contributed by atoms with Gasteiger partial charge in [-0.3, -0.25) is 0 Å². The summed E-state index contributed by atoms with van der Waals surface area (Å²) in [6, 6.07) is 3.79. The molecular weight excluding hydrogens is 195 g/mol. The number of fused-ring (bicyclic) bond motifs is 1. The Bertz CT molecular complexity index is 518. The van der Waals surface area contributed by atoms with Gasteiger partial charge in [0.2, 0.25) is 0 Å². The van der Waals surface area contributed by atoms with E-state index in [2.05, 4.69) is 10.7 Å². The number of hydrogen-bond donors (Lipinski definition) is 0. The minimum absolute atomic E-state index is 0.0818. The topological polar surface area (TPSA) is 30.2 Å². The van der Waals surface area contributed by atoms with E-state index in [0.29, 0.717) is 5.39 Å². The van der Waals surface area contributed by atoms with E-state index in [0.717, 1.165) is 6.07 Å². The third-order valence-electron chi connectivity index (χ3n) is 1.71. The molecule has 0 N–H and O–H groups in total. The van der Waals surface area contributed by atoms with E-state index in [1.54, 1.807) is 0 Å². The van der Waals surface area contributed by atoms with Crippen LogP contribution in [0, 0.1) is 12.1 Å². The van der Waals surface area contributed by atoms with Crippen LogP contribution >= 0.6 is 11.6 Å². The van der Waals surface area contributed by atoms with Crippen molar-refractivity contribution in [2.75, 3.05) is 0 Å². The SMILES string of the molecule is O=c1o[c]cc2c(Cl)c(F)ccc12. The average molecular weight is 198 g/mol. The molecular formula is C9H3ClFO2. The molecule has 0 aliphatic carbocycles. The van der Waals surface area contributed by atoms with Crippen molar-refractivity contribution in [3.8, 4) is 0 Å². The Hall–Kier alpha value is -1.35. The first-order chi connectivity index (χ1) is 6.20. The summed E-state index contributed by atoms with van der Waals surface area (Å²) in [5.74, 6) is -0.562. The van der Waals surface area contributed by atoms with Gasteiger partial charge in [0, 0.05) is 5.39 Å². The Morgan fingerprint density at radius 3 is 2.92 bits per heavy atom. The van der Waals surface area contributed by atoms with Gasteiger partial charge in [-0.25, -0.2) is 9.18 Å². The largest absolute Gasteiger partial charge is 0.419 e. The van der Waals surface area contributed by atoms with Crippen molar-refractivity contribution < 1.29 is 8.81 Å². The Kier molecular flexibility index (Phi) is 1.81. The van der Waals surface area contributed by atoms with Gasteiger partial charge in [-0.05, 0) is 18.2 Å². The smallest absolute Gasteiger partial charge is 0.344 e. The fraction of sp³-hybridized carbons (Fsp3) is 0. The molecule has 0 bridgehead atoms. The highest BCUT2D eigenvalue weighted by Gasteiger charge is 2.07. The summed E-state index contributed by atoms with van der Waals surface area (Å²) in [7, 11) is 0. The van der Waals surface area contributed by atoms with E-state index >= 15 is 0 Å². The zero-order chi connectivity index (χ0) is 9.42. The van der Waals surface area contributed by atoms with Gasteiger partial charge in [0.15, 0.2) is 6.26 Å². The molecule has 0 aliphatic rings. The van der Waals surface area contributed by atoms with Crippen LogP contribution in [0.25, 0.3) is 10.8 Å². The Balaban J connectivity index is 3.03. The molecule has 0 fully saturated rings. The monoisotopic (exact) mass is 197 g/mol. The van der Waals surface area contributed by atoms with Gasteiger partial charge in [-0.2, -0.15) is 0 Å². The zero-order valence-corrected chi connectivity index (χ0v) is 7.06. The van der Waals surface area contributed by atoms with Crippen molar-refractivity contribution in [3.63, 3.8) is 0 Å². The molecule has 0 atom stereocenters. The molecule has 1 aromatic heterocycles. The number of hydrogen-bond acceptors (Lipinski definition) is 2. The summed E-state index contributed by atoms with van der Waals surface area (Å²) < 4.78 is 17.4. The summed E-state index contributed by atoms with van der Waals surface area (Å²) in [6.45, 7) is 0. The van der Waals surface area contributed by atoms with Crippen LogP contribution in [0.4, 0.5) is 4.39 Å². The van der Waals surface area contributed by atoms with Gasteiger partial charge in [-0.1, -0.05) is 11.6 Å². The molecule has 1 radical (unpaired) electrons. The molecule has 2 aromatic rings. The number of rotatable bonds is 0. The first kappa shape index (κ1) is 8.26. The molecule has 13 heavy (non-hydrogen) atoms. The Morgan fingerprint density at radius 2 is 2.15 bits per heavy atom. The normalized spacial score (nSPS) is 10.6. The molecule has 0 unspecified atom stereocenters. The van der Waals surface area contributed by atoms with Gasteiger partial charge in [0.25, 0.3) is 0 Å². The fourth-order valence-electron chi connectivity index (χ4n) is 1.08. The van der Waals surface area contributed by atoms with Crippen LogP contribution in [-0.2, 0) is 0 Å². The Labute approximate surface area is 77.5 Å². The van der Waals surface area contributed by atoms with Gasteiger partial charge < -0.3 is 4.42 Å². The average Bonchev–Trinajstić information content (AvgIpc) is 2.12. The molecule has 2 nitrogen and oxygen atoms in total. The van der Waals surface area contributed by atoms with Crippen LogP contribution in [0.3, 0.4) is 0 Å². The first-order valence-corrected chi connectivity index (χ1v) is 3.86. The van der Waals surface area contributed by atoms with E-state index in [9.17, 15) is 9.18 Å². The second kappa shape index (κ2) is 2.85. The maximum atomic E-state index is 12.9. The summed E-state index contributed by atoms with van der Waals surface area (Å²) in [5.41, 5.74) is -0.570.